The second kappa shape index (κ2) is 7.64. The van der Waals surface area contributed by atoms with Gasteiger partial charge in [0.2, 0.25) is 0 Å². The molecule has 1 saturated heterocycles. The van der Waals surface area contributed by atoms with Crippen molar-refractivity contribution in [3.8, 4) is 5.75 Å². The summed E-state index contributed by atoms with van der Waals surface area (Å²) in [6.45, 7) is 1.45. The van der Waals surface area contributed by atoms with Crippen LogP contribution in [0.25, 0.3) is 0 Å². The molecule has 6 heteroatoms. The number of para-hydroxylation sites is 1. The Hall–Kier alpha value is -2.86. The number of nitrogens with two attached hydrogens (primary N) is 1. The predicted molar refractivity (Wildman–Crippen MR) is 107 cm³/mol. The Morgan fingerprint density at radius 1 is 1.07 bits per heavy atom. The number of ether oxygens (including phenoxy) is 1. The number of methoxy groups -OCH3 is 1. The van der Waals surface area contributed by atoms with E-state index in [0.717, 1.165) is 19.4 Å². The fourth-order valence-electron chi connectivity index (χ4n) is 4.36. The predicted octanol–water partition coefficient (Wildman–Crippen LogP) is 2.76. The number of fused-ring (bicyclic) bond motifs is 1. The molecule has 6 nitrogen and oxygen atoms in total. The maximum atomic E-state index is 13.1. The van der Waals surface area contributed by atoms with Gasteiger partial charge in [-0.05, 0) is 61.1 Å². The molecule has 0 radical (unpaired) electrons. The van der Waals surface area contributed by atoms with Gasteiger partial charge in [0.15, 0.2) is 0 Å². The molecular weight excluding hydrogens is 354 g/mol. The molecule has 1 aliphatic heterocycles. The number of carbonyl (C=O) groups is 2. The van der Waals surface area contributed by atoms with E-state index < -0.39 is 0 Å². The Kier molecular flexibility index (Phi) is 5.05. The van der Waals surface area contributed by atoms with Crippen LogP contribution in [-0.2, 0) is 0 Å². The van der Waals surface area contributed by atoms with Crippen LogP contribution in [0.1, 0.15) is 33.6 Å². The third-order valence-corrected chi connectivity index (χ3v) is 5.96. The lowest BCUT2D eigenvalue weighted by Gasteiger charge is -2.20. The van der Waals surface area contributed by atoms with Crippen molar-refractivity contribution >= 4 is 17.5 Å². The first-order chi connectivity index (χ1) is 13.6. The van der Waals surface area contributed by atoms with Crippen LogP contribution in [0.4, 0.5) is 5.69 Å². The highest BCUT2D eigenvalue weighted by molar-refractivity contribution is 6.09. The van der Waals surface area contributed by atoms with E-state index in [1.54, 1.807) is 43.5 Å². The van der Waals surface area contributed by atoms with Gasteiger partial charge in [-0.2, -0.15) is 0 Å². The van der Waals surface area contributed by atoms with Crippen molar-refractivity contribution in [2.45, 2.75) is 18.9 Å². The van der Waals surface area contributed by atoms with Crippen molar-refractivity contribution in [3.05, 3.63) is 59.7 Å². The van der Waals surface area contributed by atoms with Crippen LogP contribution in [-0.4, -0.2) is 43.0 Å². The Labute approximate surface area is 164 Å². The number of amides is 2. The van der Waals surface area contributed by atoms with Gasteiger partial charge in [0, 0.05) is 24.7 Å². The van der Waals surface area contributed by atoms with E-state index in [2.05, 4.69) is 5.32 Å². The Morgan fingerprint density at radius 3 is 2.54 bits per heavy atom. The first-order valence-electron chi connectivity index (χ1n) is 9.66. The first kappa shape index (κ1) is 18.5. The normalized spacial score (nSPS) is 23.4. The minimum atomic E-state index is -0.261. The molecule has 28 heavy (non-hydrogen) atoms. The number of rotatable bonds is 4. The van der Waals surface area contributed by atoms with Crippen LogP contribution in [0.3, 0.4) is 0 Å². The molecular formula is C22H25N3O3. The molecule has 1 saturated carbocycles. The van der Waals surface area contributed by atoms with Crippen LogP contribution in [0, 0.1) is 11.8 Å². The maximum Gasteiger partial charge on any atom is 0.255 e. The number of hydrogen-bond donors (Lipinski definition) is 2. The average molecular weight is 379 g/mol. The second-order valence-corrected chi connectivity index (χ2v) is 7.60. The summed E-state index contributed by atoms with van der Waals surface area (Å²) in [7, 11) is 1.58. The van der Waals surface area contributed by atoms with E-state index in [1.807, 2.05) is 17.0 Å². The molecule has 3 atom stereocenters. The molecule has 0 spiro atoms. The van der Waals surface area contributed by atoms with Crippen LogP contribution in [0.5, 0.6) is 5.75 Å². The summed E-state index contributed by atoms with van der Waals surface area (Å²) in [6, 6.07) is 14.2. The molecule has 0 bridgehead atoms. The smallest absolute Gasteiger partial charge is 0.255 e. The summed E-state index contributed by atoms with van der Waals surface area (Å²) in [5.41, 5.74) is 7.74. The van der Waals surface area contributed by atoms with Gasteiger partial charge in [0.1, 0.15) is 5.75 Å². The molecule has 1 heterocycles. The van der Waals surface area contributed by atoms with Gasteiger partial charge < -0.3 is 20.7 Å². The van der Waals surface area contributed by atoms with Crippen molar-refractivity contribution < 1.29 is 14.3 Å². The number of carbonyl (C=O) groups excluding carboxylic acids is 2. The maximum absolute atomic E-state index is 13.1. The van der Waals surface area contributed by atoms with Gasteiger partial charge in [-0.1, -0.05) is 12.1 Å². The SMILES string of the molecule is COc1ccc(C(=O)Nc2ccccc2C(=O)N2CC3CCC(N)C3C2)cc1. The molecule has 2 aromatic rings. The third-order valence-electron chi connectivity index (χ3n) is 5.96. The van der Waals surface area contributed by atoms with Gasteiger partial charge in [0.05, 0.1) is 18.4 Å². The Bertz CT molecular complexity index is 881. The molecule has 4 rings (SSSR count). The summed E-state index contributed by atoms with van der Waals surface area (Å²) in [4.78, 5) is 27.6. The number of nitrogens with zero attached hydrogens (tertiary/aromatic N) is 1. The number of likely N-dealkylation sites (tertiary alicyclic amines) is 1. The lowest BCUT2D eigenvalue weighted by atomic mass is 9.98. The molecule has 1 aliphatic carbocycles. The molecule has 146 valence electrons. The van der Waals surface area contributed by atoms with Crippen LogP contribution >= 0.6 is 0 Å². The highest BCUT2D eigenvalue weighted by Crippen LogP contribution is 2.38. The van der Waals surface area contributed by atoms with E-state index >= 15 is 0 Å². The minimum absolute atomic E-state index is 0.0489. The Morgan fingerprint density at radius 2 is 1.82 bits per heavy atom. The highest BCUT2D eigenvalue weighted by atomic mass is 16.5. The van der Waals surface area contributed by atoms with Gasteiger partial charge in [-0.25, -0.2) is 0 Å². The Balaban J connectivity index is 1.50. The number of hydrogen-bond acceptors (Lipinski definition) is 4. The summed E-state index contributed by atoms with van der Waals surface area (Å²) in [5, 5.41) is 2.88. The zero-order valence-electron chi connectivity index (χ0n) is 15.9. The second-order valence-electron chi connectivity index (χ2n) is 7.60. The van der Waals surface area contributed by atoms with E-state index in [9.17, 15) is 9.59 Å². The monoisotopic (exact) mass is 379 g/mol. The van der Waals surface area contributed by atoms with Gasteiger partial charge >= 0.3 is 0 Å². The van der Waals surface area contributed by atoms with E-state index in [0.29, 0.717) is 40.9 Å². The fourth-order valence-corrected chi connectivity index (χ4v) is 4.36. The van der Waals surface area contributed by atoms with E-state index in [-0.39, 0.29) is 17.9 Å². The first-order valence-corrected chi connectivity index (χ1v) is 9.66. The molecule has 3 unspecified atom stereocenters. The van der Waals surface area contributed by atoms with E-state index in [1.165, 1.54) is 0 Å². The van der Waals surface area contributed by atoms with Gasteiger partial charge in [0.25, 0.3) is 11.8 Å². The number of nitrogens with one attached hydrogen (secondary N) is 1. The summed E-state index contributed by atoms with van der Waals surface area (Å²) in [5.74, 6) is 1.27. The average Bonchev–Trinajstić information content (AvgIpc) is 3.30. The summed E-state index contributed by atoms with van der Waals surface area (Å²) >= 11 is 0. The van der Waals surface area contributed by atoms with Crippen molar-refractivity contribution in [2.75, 3.05) is 25.5 Å². The van der Waals surface area contributed by atoms with Crippen molar-refractivity contribution in [1.29, 1.82) is 0 Å². The summed E-state index contributed by atoms with van der Waals surface area (Å²) in [6.07, 6.45) is 2.14. The highest BCUT2D eigenvalue weighted by Gasteiger charge is 2.42. The lowest BCUT2D eigenvalue weighted by Crippen LogP contribution is -2.34. The minimum Gasteiger partial charge on any atom is -0.497 e. The number of anilines is 1. The fraction of sp³-hybridized carbons (Fsp3) is 0.364. The van der Waals surface area contributed by atoms with Crippen LogP contribution in [0.2, 0.25) is 0 Å². The largest absolute Gasteiger partial charge is 0.497 e. The van der Waals surface area contributed by atoms with Crippen molar-refractivity contribution in [1.82, 2.24) is 4.90 Å². The van der Waals surface area contributed by atoms with Crippen molar-refractivity contribution in [2.24, 2.45) is 17.6 Å². The van der Waals surface area contributed by atoms with Gasteiger partial charge in [-0.15, -0.1) is 0 Å². The topological polar surface area (TPSA) is 84.7 Å². The zero-order valence-corrected chi connectivity index (χ0v) is 15.9. The lowest BCUT2D eigenvalue weighted by molar-refractivity contribution is 0.0780. The number of benzene rings is 2. The zero-order chi connectivity index (χ0) is 19.7. The summed E-state index contributed by atoms with van der Waals surface area (Å²) < 4.78 is 5.12. The van der Waals surface area contributed by atoms with Crippen molar-refractivity contribution in [3.63, 3.8) is 0 Å². The molecule has 3 N–H and O–H groups in total. The third kappa shape index (κ3) is 3.47. The van der Waals surface area contributed by atoms with Crippen LogP contribution in [0.15, 0.2) is 48.5 Å². The molecule has 2 amide bonds. The van der Waals surface area contributed by atoms with Gasteiger partial charge in [-0.3, -0.25) is 9.59 Å². The van der Waals surface area contributed by atoms with Crippen LogP contribution < -0.4 is 15.8 Å². The molecule has 0 aromatic heterocycles. The molecule has 2 aromatic carbocycles. The van der Waals surface area contributed by atoms with E-state index in [4.69, 9.17) is 10.5 Å². The quantitative estimate of drug-likeness (QED) is 0.855. The molecule has 2 fully saturated rings. The molecule has 2 aliphatic rings. The standard InChI is InChI=1S/C22H25N3O3/c1-28-16-9-6-14(7-10-16)21(26)24-20-5-3-2-4-17(20)22(27)25-12-15-8-11-19(23)18(15)13-25/h2-7,9-10,15,18-19H,8,11-13,23H2,1H3,(H,24,26).